The minimum Gasteiger partial charge on any atom is -0.466 e. The third-order valence-electron chi connectivity index (χ3n) is 5.04. The summed E-state index contributed by atoms with van der Waals surface area (Å²) in [6, 6.07) is 3.80. The number of aliphatic hydroxyl groups excluding tert-OH is 1. The van der Waals surface area contributed by atoms with Crippen LogP contribution in [-0.2, 0) is 9.59 Å². The molecular formula is C18H27N3O4. The Hall–Kier alpha value is -1.86. The molecule has 0 spiro atoms. The number of furan rings is 1. The zero-order valence-electron chi connectivity index (χ0n) is 14.7. The Bertz CT molecular complexity index is 615. The highest BCUT2D eigenvalue weighted by Gasteiger charge is 2.36. The van der Waals surface area contributed by atoms with Crippen molar-refractivity contribution in [2.24, 2.45) is 0 Å². The second-order valence-corrected chi connectivity index (χ2v) is 6.98. The highest BCUT2D eigenvalue weighted by atomic mass is 16.3. The number of carbonyl (C=O) groups is 2. The average molecular weight is 349 g/mol. The zero-order chi connectivity index (χ0) is 17.8. The molecule has 0 aromatic carbocycles. The third kappa shape index (κ3) is 4.41. The van der Waals surface area contributed by atoms with Crippen molar-refractivity contribution in [2.45, 2.75) is 38.1 Å². The van der Waals surface area contributed by atoms with Gasteiger partial charge in [-0.2, -0.15) is 0 Å². The van der Waals surface area contributed by atoms with Gasteiger partial charge in [0.2, 0.25) is 11.8 Å². The molecule has 7 heteroatoms. The maximum atomic E-state index is 12.5. The number of hydrogen-bond acceptors (Lipinski definition) is 5. The lowest BCUT2D eigenvalue weighted by atomic mass is 10.0. The van der Waals surface area contributed by atoms with Crippen LogP contribution < -0.4 is 5.32 Å². The Labute approximate surface area is 148 Å². The molecule has 1 aromatic heterocycles. The number of hydrogen-bond donors (Lipinski definition) is 2. The van der Waals surface area contributed by atoms with Crippen LogP contribution in [0, 0.1) is 6.92 Å². The molecule has 0 unspecified atom stereocenters. The van der Waals surface area contributed by atoms with Gasteiger partial charge in [-0.1, -0.05) is 0 Å². The molecule has 7 nitrogen and oxygen atoms in total. The van der Waals surface area contributed by atoms with Crippen LogP contribution >= 0.6 is 0 Å². The third-order valence-corrected chi connectivity index (χ3v) is 5.04. The fourth-order valence-corrected chi connectivity index (χ4v) is 3.75. The molecule has 25 heavy (non-hydrogen) atoms. The second kappa shape index (κ2) is 8.01. The van der Waals surface area contributed by atoms with Crippen LogP contribution in [-0.4, -0.2) is 72.1 Å². The highest BCUT2D eigenvalue weighted by Crippen LogP contribution is 2.29. The normalized spacial score (nSPS) is 24.7. The molecule has 3 heterocycles. The number of piperidine rings is 1. The summed E-state index contributed by atoms with van der Waals surface area (Å²) in [5.41, 5.74) is 0. The van der Waals surface area contributed by atoms with Gasteiger partial charge in [-0.25, -0.2) is 0 Å². The molecule has 2 fully saturated rings. The summed E-state index contributed by atoms with van der Waals surface area (Å²) in [6.07, 6.45) is 2.41. The number of aryl methyl sites for hydroxylation is 1. The van der Waals surface area contributed by atoms with Gasteiger partial charge in [0.05, 0.1) is 25.1 Å². The Morgan fingerprint density at radius 3 is 2.88 bits per heavy atom. The maximum Gasteiger partial charge on any atom is 0.239 e. The topological polar surface area (TPSA) is 86.0 Å². The summed E-state index contributed by atoms with van der Waals surface area (Å²) in [5.74, 6) is 1.70. The number of β-amino-alcohol motifs (C(OH)–C–C–N with tert-alkyl or cyclic N) is 1. The van der Waals surface area contributed by atoms with E-state index in [1.807, 2.05) is 19.1 Å². The molecule has 1 aromatic rings. The summed E-state index contributed by atoms with van der Waals surface area (Å²) in [4.78, 5) is 28.1. The van der Waals surface area contributed by atoms with Crippen LogP contribution in [0.2, 0.25) is 0 Å². The van der Waals surface area contributed by atoms with E-state index in [9.17, 15) is 14.7 Å². The van der Waals surface area contributed by atoms with Gasteiger partial charge in [-0.05, 0) is 31.9 Å². The van der Waals surface area contributed by atoms with E-state index < -0.39 is 0 Å². The summed E-state index contributed by atoms with van der Waals surface area (Å²) in [6.45, 7) is 4.76. The minimum atomic E-state index is -0.126. The minimum absolute atomic E-state index is 0.0567. The first-order chi connectivity index (χ1) is 12.1. The molecule has 0 bridgehead atoms. The first-order valence-corrected chi connectivity index (χ1v) is 9.03. The number of nitrogens with zero attached hydrogens (tertiary/aromatic N) is 2. The van der Waals surface area contributed by atoms with Gasteiger partial charge in [-0.3, -0.25) is 14.5 Å². The van der Waals surface area contributed by atoms with Crippen LogP contribution in [0.1, 0.15) is 36.7 Å². The van der Waals surface area contributed by atoms with Gasteiger partial charge < -0.3 is 19.7 Å². The summed E-state index contributed by atoms with van der Waals surface area (Å²) < 4.78 is 5.77. The van der Waals surface area contributed by atoms with Crippen LogP contribution in [0.4, 0.5) is 0 Å². The van der Waals surface area contributed by atoms with Crippen molar-refractivity contribution >= 4 is 11.8 Å². The summed E-state index contributed by atoms with van der Waals surface area (Å²) in [5, 5.41) is 12.3. The molecule has 2 saturated heterocycles. The van der Waals surface area contributed by atoms with Gasteiger partial charge in [0.25, 0.3) is 0 Å². The maximum absolute atomic E-state index is 12.5. The van der Waals surface area contributed by atoms with Crippen LogP contribution in [0.5, 0.6) is 0 Å². The standard InChI is InChI=1S/C18H27N3O4/c1-13-5-6-16(25-13)14-10-20(8-9-22)11-15(14)19-17(23)12-21-7-3-2-4-18(21)24/h5-6,14-15,22H,2-4,7-12H2,1H3,(H,19,23)/t14-,15-/m0/s1. The molecule has 2 amide bonds. The fourth-order valence-electron chi connectivity index (χ4n) is 3.75. The lowest BCUT2D eigenvalue weighted by molar-refractivity contribution is -0.138. The first kappa shape index (κ1) is 17.9. The summed E-state index contributed by atoms with van der Waals surface area (Å²) >= 11 is 0. The van der Waals surface area contributed by atoms with Gasteiger partial charge >= 0.3 is 0 Å². The van der Waals surface area contributed by atoms with Gasteiger partial charge in [0, 0.05) is 32.6 Å². The zero-order valence-corrected chi connectivity index (χ0v) is 14.7. The average Bonchev–Trinajstić information content (AvgIpc) is 3.16. The largest absolute Gasteiger partial charge is 0.466 e. The summed E-state index contributed by atoms with van der Waals surface area (Å²) in [7, 11) is 0. The van der Waals surface area contributed by atoms with Crippen molar-refractivity contribution in [3.63, 3.8) is 0 Å². The molecule has 2 aliphatic rings. The first-order valence-electron chi connectivity index (χ1n) is 9.03. The molecule has 138 valence electrons. The second-order valence-electron chi connectivity index (χ2n) is 6.98. The Balaban J connectivity index is 1.63. The monoisotopic (exact) mass is 349 g/mol. The van der Waals surface area contributed by atoms with E-state index in [0.29, 0.717) is 26.1 Å². The van der Waals surface area contributed by atoms with Crippen LogP contribution in [0.3, 0.4) is 0 Å². The van der Waals surface area contributed by atoms with Crippen molar-refractivity contribution in [3.05, 3.63) is 23.7 Å². The number of amides is 2. The molecule has 3 rings (SSSR count). The van der Waals surface area contributed by atoms with Gasteiger partial charge in [0.15, 0.2) is 0 Å². The van der Waals surface area contributed by atoms with E-state index in [2.05, 4.69) is 10.2 Å². The van der Waals surface area contributed by atoms with Crippen LogP contribution in [0.15, 0.2) is 16.5 Å². The predicted octanol–water partition coefficient (Wildman–Crippen LogP) is 0.477. The van der Waals surface area contributed by atoms with Crippen molar-refractivity contribution in [1.82, 2.24) is 15.1 Å². The molecule has 0 saturated carbocycles. The van der Waals surface area contributed by atoms with Crippen LogP contribution in [0.25, 0.3) is 0 Å². The molecule has 0 radical (unpaired) electrons. The number of nitrogens with one attached hydrogen (secondary N) is 1. The van der Waals surface area contributed by atoms with Crippen molar-refractivity contribution in [3.8, 4) is 0 Å². The molecule has 2 aliphatic heterocycles. The molecule has 2 N–H and O–H groups in total. The van der Waals surface area contributed by atoms with Gasteiger partial charge in [0.1, 0.15) is 11.5 Å². The van der Waals surface area contributed by atoms with Gasteiger partial charge in [-0.15, -0.1) is 0 Å². The number of carbonyl (C=O) groups excluding carboxylic acids is 2. The number of aliphatic hydroxyl groups is 1. The van der Waals surface area contributed by atoms with E-state index in [0.717, 1.165) is 30.9 Å². The van der Waals surface area contributed by atoms with Crippen molar-refractivity contribution in [2.75, 3.05) is 39.3 Å². The Morgan fingerprint density at radius 2 is 2.20 bits per heavy atom. The molecule has 2 atom stereocenters. The molecule has 0 aliphatic carbocycles. The van der Waals surface area contributed by atoms with E-state index in [4.69, 9.17) is 4.42 Å². The number of likely N-dealkylation sites (tertiary alicyclic amines) is 2. The van der Waals surface area contributed by atoms with Crippen molar-refractivity contribution in [1.29, 1.82) is 0 Å². The highest BCUT2D eigenvalue weighted by molar-refractivity contribution is 5.85. The Kier molecular flexibility index (Phi) is 5.75. The number of rotatable bonds is 6. The Morgan fingerprint density at radius 1 is 1.36 bits per heavy atom. The van der Waals surface area contributed by atoms with E-state index in [-0.39, 0.29) is 36.9 Å². The molecular weight excluding hydrogens is 322 g/mol. The SMILES string of the molecule is Cc1ccc([C@H]2CN(CCO)C[C@@H]2NC(=O)CN2CCCCC2=O)o1. The predicted molar refractivity (Wildman–Crippen MR) is 92.1 cm³/mol. The lowest BCUT2D eigenvalue weighted by Gasteiger charge is -2.27. The van der Waals surface area contributed by atoms with Crippen molar-refractivity contribution < 1.29 is 19.1 Å². The smallest absolute Gasteiger partial charge is 0.239 e. The fraction of sp³-hybridized carbons (Fsp3) is 0.667. The quantitative estimate of drug-likeness (QED) is 0.780. The lowest BCUT2D eigenvalue weighted by Crippen LogP contribution is -2.47. The van der Waals surface area contributed by atoms with E-state index in [1.54, 1.807) is 4.90 Å². The van der Waals surface area contributed by atoms with E-state index >= 15 is 0 Å². The van der Waals surface area contributed by atoms with E-state index in [1.165, 1.54) is 0 Å².